The number of aromatic carboxylic acids is 1. The quantitative estimate of drug-likeness (QED) is 0.562. The molecule has 0 bridgehead atoms. The highest BCUT2D eigenvalue weighted by Crippen LogP contribution is 2.29. The molecular formula is C23H20FNO4. The number of aryl methyl sites for hydroxylation is 1. The van der Waals surface area contributed by atoms with Gasteiger partial charge in [-0.1, -0.05) is 12.1 Å². The van der Waals surface area contributed by atoms with Crippen molar-refractivity contribution in [1.82, 2.24) is 0 Å². The average molecular weight is 393 g/mol. The van der Waals surface area contributed by atoms with Crippen molar-refractivity contribution >= 4 is 17.9 Å². The lowest BCUT2D eigenvalue weighted by Gasteiger charge is -2.11. The first-order valence-corrected chi connectivity index (χ1v) is 8.89. The van der Waals surface area contributed by atoms with Crippen molar-refractivity contribution in [3.05, 3.63) is 88.7 Å². The summed E-state index contributed by atoms with van der Waals surface area (Å²) in [6.07, 6.45) is 1.66. The molecule has 0 aliphatic rings. The normalized spacial score (nSPS) is 10.9. The van der Waals surface area contributed by atoms with Crippen LogP contribution < -0.4 is 9.47 Å². The number of hydrogen-bond acceptors (Lipinski definition) is 4. The van der Waals surface area contributed by atoms with E-state index in [4.69, 9.17) is 14.6 Å². The highest BCUT2D eigenvalue weighted by molar-refractivity contribution is 5.87. The highest BCUT2D eigenvalue weighted by atomic mass is 19.1. The van der Waals surface area contributed by atoms with Gasteiger partial charge in [-0.05, 0) is 72.1 Å². The van der Waals surface area contributed by atoms with Crippen LogP contribution in [0.5, 0.6) is 11.5 Å². The van der Waals surface area contributed by atoms with Gasteiger partial charge in [0.25, 0.3) is 0 Å². The third-order valence-corrected chi connectivity index (χ3v) is 4.26. The molecule has 29 heavy (non-hydrogen) atoms. The molecule has 0 amide bonds. The van der Waals surface area contributed by atoms with Crippen molar-refractivity contribution in [2.75, 3.05) is 7.11 Å². The van der Waals surface area contributed by atoms with E-state index in [1.165, 1.54) is 19.2 Å². The van der Waals surface area contributed by atoms with Crippen LogP contribution in [0.15, 0.2) is 65.7 Å². The molecule has 0 unspecified atom stereocenters. The van der Waals surface area contributed by atoms with Crippen molar-refractivity contribution in [1.29, 1.82) is 0 Å². The molecule has 0 heterocycles. The van der Waals surface area contributed by atoms with Crippen LogP contribution in [-0.4, -0.2) is 24.4 Å². The number of hydrogen-bond donors (Lipinski definition) is 1. The molecule has 0 atom stereocenters. The number of halogens is 1. The van der Waals surface area contributed by atoms with E-state index in [9.17, 15) is 9.18 Å². The standard InChI is InChI=1S/C23H20FNO4/c1-15-10-19(7-8-20(15)24)25-13-16-6-9-21(22(12-16)28-2)29-14-17-4-3-5-18(11-17)23(26)27/h3-13H,14H2,1-2H3,(H,26,27). The number of rotatable bonds is 7. The van der Waals surface area contributed by atoms with E-state index >= 15 is 0 Å². The van der Waals surface area contributed by atoms with Gasteiger partial charge in [0.15, 0.2) is 11.5 Å². The summed E-state index contributed by atoms with van der Waals surface area (Å²) in [6, 6.07) is 16.6. The largest absolute Gasteiger partial charge is 0.493 e. The minimum Gasteiger partial charge on any atom is -0.493 e. The van der Waals surface area contributed by atoms with Gasteiger partial charge in [-0.25, -0.2) is 9.18 Å². The van der Waals surface area contributed by atoms with Gasteiger partial charge in [0.05, 0.1) is 18.4 Å². The molecule has 3 rings (SSSR count). The van der Waals surface area contributed by atoms with Gasteiger partial charge in [0.1, 0.15) is 12.4 Å². The topological polar surface area (TPSA) is 68.1 Å². The molecule has 6 heteroatoms. The lowest BCUT2D eigenvalue weighted by Crippen LogP contribution is -2.01. The third kappa shape index (κ3) is 5.19. The van der Waals surface area contributed by atoms with Crippen LogP contribution in [0.4, 0.5) is 10.1 Å². The van der Waals surface area contributed by atoms with E-state index in [0.29, 0.717) is 22.7 Å². The molecule has 3 aromatic rings. The number of aliphatic imine (C=N–C) groups is 1. The predicted molar refractivity (Wildman–Crippen MR) is 109 cm³/mol. The molecule has 0 saturated carbocycles. The van der Waals surface area contributed by atoms with Crippen LogP contribution in [0.3, 0.4) is 0 Å². The minimum atomic E-state index is -0.982. The molecule has 0 radical (unpaired) electrons. The van der Waals surface area contributed by atoms with E-state index in [-0.39, 0.29) is 18.0 Å². The zero-order valence-corrected chi connectivity index (χ0v) is 16.1. The van der Waals surface area contributed by atoms with Crippen LogP contribution in [-0.2, 0) is 6.61 Å². The van der Waals surface area contributed by atoms with Crippen LogP contribution in [0.2, 0.25) is 0 Å². The van der Waals surface area contributed by atoms with E-state index < -0.39 is 5.97 Å². The lowest BCUT2D eigenvalue weighted by molar-refractivity contribution is 0.0696. The van der Waals surface area contributed by atoms with Crippen LogP contribution in [0, 0.1) is 12.7 Å². The Balaban J connectivity index is 1.73. The zero-order chi connectivity index (χ0) is 20.8. The molecule has 3 aromatic carbocycles. The van der Waals surface area contributed by atoms with Gasteiger partial charge >= 0.3 is 5.97 Å². The molecule has 0 aliphatic heterocycles. The number of methoxy groups -OCH3 is 1. The third-order valence-electron chi connectivity index (χ3n) is 4.26. The molecular weight excluding hydrogens is 373 g/mol. The van der Waals surface area contributed by atoms with E-state index in [1.807, 2.05) is 6.07 Å². The summed E-state index contributed by atoms with van der Waals surface area (Å²) in [5.74, 6) is -0.188. The second kappa shape index (κ2) is 9.01. The van der Waals surface area contributed by atoms with Crippen molar-refractivity contribution in [2.45, 2.75) is 13.5 Å². The first-order valence-electron chi connectivity index (χ1n) is 8.89. The van der Waals surface area contributed by atoms with Gasteiger partial charge in [0.2, 0.25) is 0 Å². The Hall–Kier alpha value is -3.67. The van der Waals surface area contributed by atoms with Crippen LogP contribution in [0.25, 0.3) is 0 Å². The van der Waals surface area contributed by atoms with Gasteiger partial charge in [-0.3, -0.25) is 4.99 Å². The smallest absolute Gasteiger partial charge is 0.335 e. The number of ether oxygens (including phenoxy) is 2. The Morgan fingerprint density at radius 2 is 1.93 bits per heavy atom. The van der Waals surface area contributed by atoms with Crippen LogP contribution in [0.1, 0.15) is 27.0 Å². The van der Waals surface area contributed by atoms with E-state index in [2.05, 4.69) is 4.99 Å². The van der Waals surface area contributed by atoms with Crippen LogP contribution >= 0.6 is 0 Å². The fraction of sp³-hybridized carbons (Fsp3) is 0.130. The number of nitrogens with zero attached hydrogens (tertiary/aromatic N) is 1. The maximum Gasteiger partial charge on any atom is 0.335 e. The maximum absolute atomic E-state index is 13.4. The minimum absolute atomic E-state index is 0.208. The Bertz CT molecular complexity index is 1060. The molecule has 148 valence electrons. The fourth-order valence-electron chi connectivity index (χ4n) is 2.70. The Morgan fingerprint density at radius 1 is 1.10 bits per heavy atom. The number of carboxylic acids is 1. The van der Waals surface area contributed by atoms with Gasteiger partial charge in [-0.2, -0.15) is 0 Å². The molecule has 5 nitrogen and oxygen atoms in total. The molecule has 1 N–H and O–H groups in total. The van der Waals surface area contributed by atoms with Crippen molar-refractivity contribution in [3.63, 3.8) is 0 Å². The van der Waals surface area contributed by atoms with Crippen molar-refractivity contribution in [2.24, 2.45) is 4.99 Å². The lowest BCUT2D eigenvalue weighted by atomic mass is 10.1. The van der Waals surface area contributed by atoms with Gasteiger partial charge < -0.3 is 14.6 Å². The maximum atomic E-state index is 13.4. The summed E-state index contributed by atoms with van der Waals surface area (Å²) in [4.78, 5) is 15.4. The zero-order valence-electron chi connectivity index (χ0n) is 16.1. The number of benzene rings is 3. The first-order chi connectivity index (χ1) is 14.0. The second-order valence-corrected chi connectivity index (χ2v) is 6.40. The molecule has 0 spiro atoms. The summed E-state index contributed by atoms with van der Waals surface area (Å²) in [7, 11) is 1.54. The van der Waals surface area contributed by atoms with Gasteiger partial charge in [0, 0.05) is 6.21 Å². The average Bonchev–Trinajstić information content (AvgIpc) is 2.73. The Kier molecular flexibility index (Phi) is 6.24. The fourth-order valence-corrected chi connectivity index (χ4v) is 2.70. The Morgan fingerprint density at radius 3 is 2.66 bits per heavy atom. The molecule has 0 saturated heterocycles. The highest BCUT2D eigenvalue weighted by Gasteiger charge is 2.08. The van der Waals surface area contributed by atoms with Crippen molar-refractivity contribution < 1.29 is 23.8 Å². The summed E-state index contributed by atoms with van der Waals surface area (Å²) in [6.45, 7) is 1.90. The molecule has 0 aromatic heterocycles. The molecule has 0 fully saturated rings. The number of carbonyl (C=O) groups is 1. The van der Waals surface area contributed by atoms with Crippen molar-refractivity contribution in [3.8, 4) is 11.5 Å². The number of carboxylic acid groups (broad SMARTS) is 1. The SMILES string of the molecule is COc1cc(C=Nc2ccc(F)c(C)c2)ccc1OCc1cccc(C(=O)O)c1. The summed E-state index contributed by atoms with van der Waals surface area (Å²) in [5.41, 5.74) is 2.93. The van der Waals surface area contributed by atoms with E-state index in [0.717, 1.165) is 11.1 Å². The summed E-state index contributed by atoms with van der Waals surface area (Å²) < 4.78 is 24.5. The predicted octanol–water partition coefficient (Wildman–Crippen LogP) is 5.17. The summed E-state index contributed by atoms with van der Waals surface area (Å²) in [5, 5.41) is 9.08. The van der Waals surface area contributed by atoms with Gasteiger partial charge in [-0.15, -0.1) is 0 Å². The van der Waals surface area contributed by atoms with E-state index in [1.54, 1.807) is 55.6 Å². The summed E-state index contributed by atoms with van der Waals surface area (Å²) >= 11 is 0. The second-order valence-electron chi connectivity index (χ2n) is 6.40. The first kappa shape index (κ1) is 20.1. The molecule has 0 aliphatic carbocycles. The monoisotopic (exact) mass is 393 g/mol. The Labute approximate surface area is 168 Å².